The highest BCUT2D eigenvalue weighted by molar-refractivity contribution is 5.25. The van der Waals surface area contributed by atoms with Gasteiger partial charge in [-0.15, -0.1) is 0 Å². The second-order valence-electron chi connectivity index (χ2n) is 3.41. The monoisotopic (exact) mass is 161 g/mol. The maximum Gasteiger partial charge on any atom is 0.128 e. The van der Waals surface area contributed by atoms with Gasteiger partial charge in [0.05, 0.1) is 6.07 Å². The lowest BCUT2D eigenvalue weighted by Crippen LogP contribution is -2.35. The summed E-state index contributed by atoms with van der Waals surface area (Å²) in [5.41, 5.74) is -0.266. The third kappa shape index (κ3) is 0.781. The lowest BCUT2D eigenvalue weighted by molar-refractivity contribution is 0.300. The van der Waals surface area contributed by atoms with Gasteiger partial charge >= 0.3 is 0 Å². The van der Waals surface area contributed by atoms with Crippen LogP contribution in [0, 0.1) is 11.3 Å². The fourth-order valence-corrected chi connectivity index (χ4v) is 1.74. The molecule has 0 amide bonds. The molecule has 0 unspecified atom stereocenters. The molecular formula is C9H11N3. The largest absolute Gasteiger partial charge is 0.337 e. The summed E-state index contributed by atoms with van der Waals surface area (Å²) in [5.74, 6) is 0.927. The molecule has 0 saturated heterocycles. The molecule has 1 aromatic rings. The van der Waals surface area contributed by atoms with Crippen molar-refractivity contribution in [2.45, 2.75) is 24.7 Å². The zero-order chi connectivity index (χ0) is 8.60. The summed E-state index contributed by atoms with van der Waals surface area (Å²) in [5, 5.41) is 9.03. The van der Waals surface area contributed by atoms with E-state index in [9.17, 15) is 0 Å². The van der Waals surface area contributed by atoms with Gasteiger partial charge in [0.15, 0.2) is 0 Å². The van der Waals surface area contributed by atoms with E-state index in [4.69, 9.17) is 5.26 Å². The first kappa shape index (κ1) is 7.35. The van der Waals surface area contributed by atoms with E-state index in [1.165, 1.54) is 0 Å². The lowest BCUT2D eigenvalue weighted by Gasteiger charge is -2.34. The molecule has 12 heavy (non-hydrogen) atoms. The topological polar surface area (TPSA) is 41.6 Å². The van der Waals surface area contributed by atoms with E-state index < -0.39 is 0 Å². The van der Waals surface area contributed by atoms with Crippen LogP contribution in [-0.4, -0.2) is 9.55 Å². The minimum absolute atomic E-state index is 0.266. The van der Waals surface area contributed by atoms with Crippen LogP contribution in [0.25, 0.3) is 0 Å². The Morgan fingerprint density at radius 3 is 2.75 bits per heavy atom. The summed E-state index contributed by atoms with van der Waals surface area (Å²) >= 11 is 0. The summed E-state index contributed by atoms with van der Waals surface area (Å²) in [7, 11) is 1.94. The van der Waals surface area contributed by atoms with Crippen molar-refractivity contribution in [2.24, 2.45) is 7.05 Å². The fraction of sp³-hybridized carbons (Fsp3) is 0.556. The van der Waals surface area contributed by atoms with Crippen molar-refractivity contribution >= 4 is 0 Å². The van der Waals surface area contributed by atoms with Crippen LogP contribution in [0.3, 0.4) is 0 Å². The number of nitrogens with zero attached hydrogens (tertiary/aromatic N) is 3. The number of hydrogen-bond acceptors (Lipinski definition) is 2. The molecule has 1 aliphatic rings. The van der Waals surface area contributed by atoms with Crippen molar-refractivity contribution in [1.82, 2.24) is 9.55 Å². The van der Waals surface area contributed by atoms with Crippen molar-refractivity contribution in [3.05, 3.63) is 18.2 Å². The van der Waals surface area contributed by atoms with Crippen molar-refractivity contribution in [1.29, 1.82) is 5.26 Å². The molecule has 1 aromatic heterocycles. The number of imidazole rings is 1. The van der Waals surface area contributed by atoms with Crippen LogP contribution in [-0.2, 0) is 12.5 Å². The number of aryl methyl sites for hydroxylation is 1. The molecule has 1 aliphatic carbocycles. The van der Waals surface area contributed by atoms with E-state index in [1.807, 2.05) is 17.8 Å². The van der Waals surface area contributed by atoms with Gasteiger partial charge in [-0.2, -0.15) is 5.26 Å². The first-order chi connectivity index (χ1) is 5.78. The molecule has 0 atom stereocenters. The van der Waals surface area contributed by atoms with Gasteiger partial charge in [-0.05, 0) is 19.3 Å². The quantitative estimate of drug-likeness (QED) is 0.624. The summed E-state index contributed by atoms with van der Waals surface area (Å²) < 4.78 is 1.95. The van der Waals surface area contributed by atoms with Crippen LogP contribution in [0.1, 0.15) is 25.1 Å². The van der Waals surface area contributed by atoms with Gasteiger partial charge in [-0.1, -0.05) is 0 Å². The summed E-state index contributed by atoms with van der Waals surface area (Å²) in [6.07, 6.45) is 6.74. The molecule has 0 radical (unpaired) electrons. The highest BCUT2D eigenvalue weighted by Crippen LogP contribution is 2.41. The van der Waals surface area contributed by atoms with E-state index in [-0.39, 0.29) is 5.41 Å². The molecule has 1 saturated carbocycles. The van der Waals surface area contributed by atoms with E-state index in [0.29, 0.717) is 0 Å². The predicted octanol–water partition coefficient (Wildman–Crippen LogP) is 1.37. The normalized spacial score (nSPS) is 19.7. The highest BCUT2D eigenvalue weighted by atomic mass is 15.1. The molecule has 3 heteroatoms. The Morgan fingerprint density at radius 1 is 1.67 bits per heavy atom. The maximum atomic E-state index is 9.03. The fourth-order valence-electron chi connectivity index (χ4n) is 1.74. The van der Waals surface area contributed by atoms with Gasteiger partial charge in [-0.25, -0.2) is 4.98 Å². The second-order valence-corrected chi connectivity index (χ2v) is 3.41. The minimum Gasteiger partial charge on any atom is -0.337 e. The molecule has 0 aliphatic heterocycles. The number of nitriles is 1. The first-order valence-electron chi connectivity index (χ1n) is 4.17. The van der Waals surface area contributed by atoms with E-state index in [1.54, 1.807) is 6.20 Å². The smallest absolute Gasteiger partial charge is 0.128 e. The average molecular weight is 161 g/mol. The standard InChI is InChI=1S/C9H11N3/c1-12-6-5-11-8(12)9(7-10)3-2-4-9/h5-6H,2-4H2,1H3. The van der Waals surface area contributed by atoms with Gasteiger partial charge in [0.2, 0.25) is 0 Å². The van der Waals surface area contributed by atoms with Crippen molar-refractivity contribution < 1.29 is 0 Å². The first-order valence-corrected chi connectivity index (χ1v) is 4.17. The molecule has 3 nitrogen and oxygen atoms in total. The molecule has 1 heterocycles. The highest BCUT2D eigenvalue weighted by Gasteiger charge is 2.42. The molecule has 1 fully saturated rings. The third-order valence-electron chi connectivity index (χ3n) is 2.67. The van der Waals surface area contributed by atoms with Crippen LogP contribution in [0.2, 0.25) is 0 Å². The van der Waals surface area contributed by atoms with Crippen LogP contribution >= 0.6 is 0 Å². The summed E-state index contributed by atoms with van der Waals surface area (Å²) in [4.78, 5) is 4.22. The van der Waals surface area contributed by atoms with Crippen LogP contribution in [0.4, 0.5) is 0 Å². The summed E-state index contributed by atoms with van der Waals surface area (Å²) in [6.45, 7) is 0. The van der Waals surface area contributed by atoms with Gasteiger partial charge in [0.25, 0.3) is 0 Å². The Bertz CT molecular complexity index is 328. The molecular weight excluding hydrogens is 150 g/mol. The number of aromatic nitrogens is 2. The zero-order valence-electron chi connectivity index (χ0n) is 7.12. The molecule has 0 N–H and O–H groups in total. The van der Waals surface area contributed by atoms with Crippen molar-refractivity contribution in [3.63, 3.8) is 0 Å². The van der Waals surface area contributed by atoms with E-state index in [2.05, 4.69) is 11.1 Å². The van der Waals surface area contributed by atoms with Crippen molar-refractivity contribution in [2.75, 3.05) is 0 Å². The lowest BCUT2D eigenvalue weighted by atomic mass is 9.69. The van der Waals surface area contributed by atoms with Gasteiger partial charge < -0.3 is 4.57 Å². The van der Waals surface area contributed by atoms with Crippen LogP contribution in [0.15, 0.2) is 12.4 Å². The van der Waals surface area contributed by atoms with Crippen molar-refractivity contribution in [3.8, 4) is 6.07 Å². The molecule has 0 bridgehead atoms. The van der Waals surface area contributed by atoms with Gasteiger partial charge in [0.1, 0.15) is 11.2 Å². The molecule has 62 valence electrons. The van der Waals surface area contributed by atoms with Gasteiger partial charge in [0, 0.05) is 19.4 Å². The third-order valence-corrected chi connectivity index (χ3v) is 2.67. The Labute approximate surface area is 71.6 Å². The number of hydrogen-bond donors (Lipinski definition) is 0. The van der Waals surface area contributed by atoms with E-state index >= 15 is 0 Å². The van der Waals surface area contributed by atoms with E-state index in [0.717, 1.165) is 25.1 Å². The molecule has 0 aromatic carbocycles. The Kier molecular flexibility index (Phi) is 1.44. The Hall–Kier alpha value is -1.30. The van der Waals surface area contributed by atoms with Crippen LogP contribution < -0.4 is 0 Å². The molecule has 0 spiro atoms. The zero-order valence-corrected chi connectivity index (χ0v) is 7.12. The Balaban J connectivity index is 2.42. The molecule has 2 rings (SSSR count). The Morgan fingerprint density at radius 2 is 2.42 bits per heavy atom. The predicted molar refractivity (Wildman–Crippen MR) is 44.4 cm³/mol. The summed E-state index contributed by atoms with van der Waals surface area (Å²) in [6, 6.07) is 2.37. The minimum atomic E-state index is -0.266. The average Bonchev–Trinajstić information content (AvgIpc) is 2.36. The second kappa shape index (κ2) is 2.34. The SMILES string of the molecule is Cn1ccnc1C1(C#N)CCC1. The van der Waals surface area contributed by atoms with Crippen LogP contribution in [0.5, 0.6) is 0 Å². The number of rotatable bonds is 1. The maximum absolute atomic E-state index is 9.03. The van der Waals surface area contributed by atoms with Gasteiger partial charge in [-0.3, -0.25) is 0 Å².